The van der Waals surface area contributed by atoms with Crippen LogP contribution in [0.3, 0.4) is 0 Å². The first-order chi connectivity index (χ1) is 18.1. The predicted octanol–water partition coefficient (Wildman–Crippen LogP) is 5.05. The van der Waals surface area contributed by atoms with Crippen molar-refractivity contribution in [1.29, 1.82) is 0 Å². The third-order valence-electron chi connectivity index (χ3n) is 8.71. The quantitative estimate of drug-likeness (QED) is 0.281. The molecule has 8 heteroatoms. The molecule has 0 bridgehead atoms. The Labute approximate surface area is 214 Å². The molecule has 2 saturated heterocycles. The maximum absolute atomic E-state index is 4.88. The lowest BCUT2D eigenvalue weighted by molar-refractivity contribution is 0.516. The monoisotopic (exact) mass is 490 g/mol. The predicted molar refractivity (Wildman–Crippen MR) is 144 cm³/mol. The van der Waals surface area contributed by atoms with Crippen molar-refractivity contribution in [2.45, 2.75) is 57.3 Å². The van der Waals surface area contributed by atoms with Crippen molar-refractivity contribution in [2.24, 2.45) is 11.8 Å². The summed E-state index contributed by atoms with van der Waals surface area (Å²) >= 11 is 0. The molecule has 186 valence electrons. The Morgan fingerprint density at radius 2 is 1.57 bits per heavy atom. The number of hydrogen-bond acceptors (Lipinski definition) is 6. The van der Waals surface area contributed by atoms with Gasteiger partial charge in [-0.25, -0.2) is 15.0 Å². The molecule has 6 atom stereocenters. The molecule has 0 amide bonds. The van der Waals surface area contributed by atoms with Crippen molar-refractivity contribution < 1.29 is 0 Å². The van der Waals surface area contributed by atoms with Gasteiger partial charge in [-0.1, -0.05) is 19.1 Å². The minimum Gasteiger partial charge on any atom is -0.341 e. The highest BCUT2D eigenvalue weighted by Gasteiger charge is 2.46. The van der Waals surface area contributed by atoms with E-state index < -0.39 is 0 Å². The van der Waals surface area contributed by atoms with Crippen LogP contribution in [0, 0.1) is 11.8 Å². The highest BCUT2D eigenvalue weighted by Crippen LogP contribution is 2.45. The van der Waals surface area contributed by atoms with Gasteiger partial charge in [0, 0.05) is 12.1 Å². The molecule has 1 saturated carbocycles. The molecule has 0 spiro atoms. The van der Waals surface area contributed by atoms with Crippen molar-refractivity contribution in [3.63, 3.8) is 0 Å². The van der Waals surface area contributed by atoms with E-state index in [4.69, 9.17) is 15.0 Å². The summed E-state index contributed by atoms with van der Waals surface area (Å²) in [5, 5.41) is 7.32. The summed E-state index contributed by atoms with van der Waals surface area (Å²) in [6.45, 7) is 4.55. The second-order valence-corrected chi connectivity index (χ2v) is 11.3. The van der Waals surface area contributed by atoms with Gasteiger partial charge < -0.3 is 20.6 Å². The lowest BCUT2D eigenvalue weighted by atomic mass is 10.0. The number of rotatable bonds is 4. The van der Waals surface area contributed by atoms with Gasteiger partial charge in [0.25, 0.3) is 0 Å². The maximum Gasteiger partial charge on any atom is 0.124 e. The van der Waals surface area contributed by atoms with Crippen LogP contribution >= 0.6 is 0 Å². The molecule has 3 aromatic heterocycles. The Morgan fingerprint density at radius 1 is 0.730 bits per heavy atom. The molecule has 2 aromatic carbocycles. The van der Waals surface area contributed by atoms with Crippen LogP contribution in [0.25, 0.3) is 44.6 Å². The summed E-state index contributed by atoms with van der Waals surface area (Å²) in [5.41, 5.74) is 7.80. The summed E-state index contributed by atoms with van der Waals surface area (Å²) in [5.74, 6) is 3.52. The van der Waals surface area contributed by atoms with Gasteiger partial charge in [0.05, 0.1) is 52.2 Å². The second-order valence-electron chi connectivity index (χ2n) is 11.3. The molecule has 5 heterocycles. The van der Waals surface area contributed by atoms with E-state index in [-0.39, 0.29) is 6.04 Å². The average Bonchev–Trinajstić information content (AvgIpc) is 3.40. The molecule has 3 aliphatic rings. The van der Waals surface area contributed by atoms with E-state index in [1.54, 1.807) is 0 Å². The number of imidazole rings is 2. The number of hydrogen-bond donors (Lipinski definition) is 4. The summed E-state index contributed by atoms with van der Waals surface area (Å²) in [6, 6.07) is 14.5. The fraction of sp³-hybridized carbons (Fsp3) is 0.379. The number of H-pyrrole nitrogens is 2. The number of aromatic nitrogens is 6. The SMILES string of the molecule is C[C@@H]1C[C@@H](c2nc3ccc(-c4ccc5nc(-c6cnc([C@@H]7C[C@H]8C[C@H]8N7)[nH]6)cnc5c4)cc3[nH]2)N[C@@H]1C. The third-order valence-corrected chi connectivity index (χ3v) is 8.71. The molecule has 0 radical (unpaired) electrons. The van der Waals surface area contributed by atoms with Crippen LogP contribution < -0.4 is 10.6 Å². The molecule has 4 N–H and O–H groups in total. The Bertz CT molecular complexity index is 1630. The number of nitrogens with zero attached hydrogens (tertiary/aromatic N) is 4. The molecule has 5 aromatic rings. The molecule has 37 heavy (non-hydrogen) atoms. The molecule has 8 rings (SSSR count). The molecular formula is C29H30N8. The van der Waals surface area contributed by atoms with Crippen LogP contribution in [0.1, 0.15) is 56.8 Å². The number of piperidine rings is 1. The van der Waals surface area contributed by atoms with Gasteiger partial charge in [-0.05, 0) is 73.4 Å². The minimum atomic E-state index is 0.289. The zero-order chi connectivity index (χ0) is 24.7. The van der Waals surface area contributed by atoms with Crippen molar-refractivity contribution in [3.05, 3.63) is 60.4 Å². The van der Waals surface area contributed by atoms with Gasteiger partial charge in [0.2, 0.25) is 0 Å². The Balaban J connectivity index is 1.06. The second kappa shape index (κ2) is 7.94. The van der Waals surface area contributed by atoms with E-state index >= 15 is 0 Å². The normalized spacial score (nSPS) is 28.8. The zero-order valence-electron chi connectivity index (χ0n) is 21.0. The van der Waals surface area contributed by atoms with E-state index in [1.807, 2.05) is 12.4 Å². The highest BCUT2D eigenvalue weighted by molar-refractivity contribution is 5.86. The smallest absolute Gasteiger partial charge is 0.124 e. The Morgan fingerprint density at radius 3 is 2.38 bits per heavy atom. The topological polar surface area (TPSA) is 107 Å². The fourth-order valence-corrected chi connectivity index (χ4v) is 6.19. The molecule has 8 nitrogen and oxygen atoms in total. The first kappa shape index (κ1) is 21.5. The molecule has 3 fully saturated rings. The summed E-state index contributed by atoms with van der Waals surface area (Å²) in [7, 11) is 0. The van der Waals surface area contributed by atoms with Crippen LogP contribution in [0.4, 0.5) is 0 Å². The molecule has 2 aliphatic heterocycles. The highest BCUT2D eigenvalue weighted by atomic mass is 15.1. The number of fused-ring (bicyclic) bond motifs is 3. The van der Waals surface area contributed by atoms with Crippen LogP contribution in [-0.2, 0) is 0 Å². The van der Waals surface area contributed by atoms with Gasteiger partial charge >= 0.3 is 0 Å². The summed E-state index contributed by atoms with van der Waals surface area (Å²) in [6.07, 6.45) is 7.31. The minimum absolute atomic E-state index is 0.289. The summed E-state index contributed by atoms with van der Waals surface area (Å²) < 4.78 is 0. The lowest BCUT2D eigenvalue weighted by Crippen LogP contribution is -2.24. The van der Waals surface area contributed by atoms with E-state index in [9.17, 15) is 0 Å². The van der Waals surface area contributed by atoms with Gasteiger partial charge in [-0.15, -0.1) is 0 Å². The van der Waals surface area contributed by atoms with Crippen LogP contribution in [-0.4, -0.2) is 42.0 Å². The molecular weight excluding hydrogens is 460 g/mol. The van der Waals surface area contributed by atoms with Crippen molar-refractivity contribution in [1.82, 2.24) is 40.5 Å². The van der Waals surface area contributed by atoms with Crippen molar-refractivity contribution in [3.8, 4) is 22.5 Å². The number of benzene rings is 2. The molecule has 0 unspecified atom stereocenters. The van der Waals surface area contributed by atoms with Gasteiger partial charge in [0.15, 0.2) is 0 Å². The largest absolute Gasteiger partial charge is 0.341 e. The van der Waals surface area contributed by atoms with E-state index in [0.29, 0.717) is 24.0 Å². The third kappa shape index (κ3) is 3.66. The van der Waals surface area contributed by atoms with Gasteiger partial charge in [-0.3, -0.25) is 4.98 Å². The maximum atomic E-state index is 4.88. The van der Waals surface area contributed by atoms with Gasteiger partial charge in [0.1, 0.15) is 17.3 Å². The Kier molecular flexibility index (Phi) is 4.60. The first-order valence-corrected chi connectivity index (χ1v) is 13.4. The Hall–Kier alpha value is -3.62. The lowest BCUT2D eigenvalue weighted by Gasteiger charge is -2.09. The average molecular weight is 491 g/mol. The van der Waals surface area contributed by atoms with Crippen molar-refractivity contribution >= 4 is 22.1 Å². The zero-order valence-corrected chi connectivity index (χ0v) is 21.0. The van der Waals surface area contributed by atoms with Gasteiger partial charge in [-0.2, -0.15) is 0 Å². The first-order valence-electron chi connectivity index (χ1n) is 13.4. The standard InChI is InChI=1S/C29H30N8/c1-14-7-24(32-15(14)2)29-35-20-6-4-17(9-23(20)36-29)16-3-5-19-22(8-16)30-12-26(33-19)27-13-31-28(37-27)25-11-18-10-21(18)34-25/h3-6,8-9,12-15,18,21,24-25,32,34H,7,10-11H2,1-2H3,(H,31,37)(H,35,36)/t14-,15-,18-,21-,24+,25+/m1/s1. The number of aromatic amines is 2. The summed E-state index contributed by atoms with van der Waals surface area (Å²) in [4.78, 5) is 26.1. The van der Waals surface area contributed by atoms with Crippen LogP contribution in [0.5, 0.6) is 0 Å². The molecule has 1 aliphatic carbocycles. The van der Waals surface area contributed by atoms with E-state index in [2.05, 4.69) is 75.8 Å². The van der Waals surface area contributed by atoms with Crippen molar-refractivity contribution in [2.75, 3.05) is 0 Å². The van der Waals surface area contributed by atoms with Crippen LogP contribution in [0.2, 0.25) is 0 Å². The van der Waals surface area contributed by atoms with Crippen LogP contribution in [0.15, 0.2) is 48.8 Å². The van der Waals surface area contributed by atoms with E-state index in [1.165, 1.54) is 12.8 Å². The number of nitrogens with one attached hydrogen (secondary N) is 4. The fourth-order valence-electron chi connectivity index (χ4n) is 6.19. The van der Waals surface area contributed by atoms with E-state index in [0.717, 1.165) is 68.6 Å².